The van der Waals surface area contributed by atoms with Gasteiger partial charge >= 0.3 is 0 Å². The van der Waals surface area contributed by atoms with Gasteiger partial charge in [0.1, 0.15) is 5.82 Å². The van der Waals surface area contributed by atoms with Crippen molar-refractivity contribution in [3.63, 3.8) is 0 Å². The van der Waals surface area contributed by atoms with Crippen LogP contribution in [0.5, 0.6) is 0 Å². The highest BCUT2D eigenvalue weighted by Crippen LogP contribution is 2.06. The first-order valence-corrected chi connectivity index (χ1v) is 6.48. The Morgan fingerprint density at radius 1 is 1.37 bits per heavy atom. The Hall–Kier alpha value is -1.13. The Kier molecular flexibility index (Phi) is 6.81. The van der Waals surface area contributed by atoms with Crippen molar-refractivity contribution in [3.05, 3.63) is 35.6 Å². The molecule has 2 rings (SSSR count). The number of hydrogen-bond donors (Lipinski definition) is 2. The van der Waals surface area contributed by atoms with Gasteiger partial charge < -0.3 is 10.6 Å². The molecule has 0 saturated carbocycles. The van der Waals surface area contributed by atoms with Gasteiger partial charge in [0.05, 0.1) is 0 Å². The van der Waals surface area contributed by atoms with Crippen LogP contribution in [0.3, 0.4) is 0 Å². The Morgan fingerprint density at radius 2 is 2.11 bits per heavy atom. The number of hydrogen-bond acceptors (Lipinski definition) is 2. The molecule has 3 nitrogen and oxygen atoms in total. The van der Waals surface area contributed by atoms with Crippen LogP contribution in [0.15, 0.2) is 24.3 Å². The van der Waals surface area contributed by atoms with E-state index >= 15 is 0 Å². The number of benzene rings is 1. The maximum atomic E-state index is 12.7. The van der Waals surface area contributed by atoms with Gasteiger partial charge in [-0.25, -0.2) is 4.39 Å². The molecule has 1 fully saturated rings. The monoisotopic (exact) mass is 286 g/mol. The lowest BCUT2D eigenvalue weighted by molar-refractivity contribution is -0.121. The molecule has 106 valence electrons. The molecular weight excluding hydrogens is 267 g/mol. The third-order valence-electron chi connectivity index (χ3n) is 3.26. The summed E-state index contributed by atoms with van der Waals surface area (Å²) in [6.45, 7) is 1.76. The van der Waals surface area contributed by atoms with Gasteiger partial charge in [-0.1, -0.05) is 12.1 Å². The molecule has 0 aliphatic carbocycles. The summed E-state index contributed by atoms with van der Waals surface area (Å²) < 4.78 is 12.7. The highest BCUT2D eigenvalue weighted by molar-refractivity contribution is 5.85. The maximum Gasteiger partial charge on any atom is 0.220 e. The molecule has 1 atom stereocenters. The Balaban J connectivity index is 0.00000180. The van der Waals surface area contributed by atoms with Crippen LogP contribution in [-0.4, -0.2) is 25.0 Å². The molecule has 0 aromatic heterocycles. The second-order valence-electron chi connectivity index (χ2n) is 4.72. The van der Waals surface area contributed by atoms with Crippen molar-refractivity contribution < 1.29 is 9.18 Å². The van der Waals surface area contributed by atoms with Crippen molar-refractivity contribution in [2.45, 2.75) is 31.7 Å². The highest BCUT2D eigenvalue weighted by atomic mass is 35.5. The molecule has 1 unspecified atom stereocenters. The molecule has 1 aliphatic heterocycles. The van der Waals surface area contributed by atoms with Crippen molar-refractivity contribution in [1.82, 2.24) is 10.6 Å². The highest BCUT2D eigenvalue weighted by Gasteiger charge is 2.14. The minimum atomic E-state index is -0.240. The van der Waals surface area contributed by atoms with Crippen LogP contribution in [0.25, 0.3) is 0 Å². The van der Waals surface area contributed by atoms with E-state index < -0.39 is 0 Å². The molecule has 1 aromatic rings. The molecule has 0 radical (unpaired) electrons. The second-order valence-corrected chi connectivity index (χ2v) is 4.72. The second kappa shape index (κ2) is 8.12. The fourth-order valence-electron chi connectivity index (χ4n) is 2.17. The van der Waals surface area contributed by atoms with Gasteiger partial charge in [-0.05, 0) is 43.5 Å². The van der Waals surface area contributed by atoms with Gasteiger partial charge in [-0.15, -0.1) is 12.4 Å². The minimum absolute atomic E-state index is 0. The van der Waals surface area contributed by atoms with E-state index in [1.165, 1.54) is 18.6 Å². The topological polar surface area (TPSA) is 41.1 Å². The zero-order valence-corrected chi connectivity index (χ0v) is 11.6. The van der Waals surface area contributed by atoms with E-state index in [0.29, 0.717) is 25.4 Å². The maximum absolute atomic E-state index is 12.7. The van der Waals surface area contributed by atoms with E-state index in [1.54, 1.807) is 12.1 Å². The molecule has 0 spiro atoms. The minimum Gasteiger partial charge on any atom is -0.355 e. The van der Waals surface area contributed by atoms with Crippen molar-refractivity contribution >= 4 is 18.3 Å². The molecule has 1 aliphatic rings. The lowest BCUT2D eigenvalue weighted by Crippen LogP contribution is -2.37. The average Bonchev–Trinajstić information content (AvgIpc) is 2.89. The fraction of sp³-hybridized carbons (Fsp3) is 0.500. The van der Waals surface area contributed by atoms with Gasteiger partial charge in [-0.3, -0.25) is 4.79 Å². The van der Waals surface area contributed by atoms with E-state index in [-0.39, 0.29) is 24.1 Å². The van der Waals surface area contributed by atoms with Gasteiger partial charge in [0.25, 0.3) is 0 Å². The molecule has 1 aromatic carbocycles. The van der Waals surface area contributed by atoms with Crippen LogP contribution in [0.1, 0.15) is 24.8 Å². The standard InChI is InChI=1S/C14H19FN2O.ClH/c15-12-6-3-11(4-7-12)5-8-14(18)17-10-13-2-1-9-16-13;/h3-4,6-7,13,16H,1-2,5,8-10H2,(H,17,18);1H. The van der Waals surface area contributed by atoms with Gasteiger partial charge in [-0.2, -0.15) is 0 Å². The number of halogens is 2. The van der Waals surface area contributed by atoms with Crippen LogP contribution >= 0.6 is 12.4 Å². The average molecular weight is 287 g/mol. The number of nitrogens with one attached hydrogen (secondary N) is 2. The third kappa shape index (κ3) is 5.57. The number of rotatable bonds is 5. The SMILES string of the molecule is Cl.O=C(CCc1ccc(F)cc1)NCC1CCCN1. The summed E-state index contributed by atoms with van der Waals surface area (Å²) in [5, 5.41) is 6.27. The van der Waals surface area contributed by atoms with Crippen LogP contribution < -0.4 is 10.6 Å². The molecule has 2 N–H and O–H groups in total. The van der Waals surface area contributed by atoms with E-state index in [1.807, 2.05) is 0 Å². The van der Waals surface area contributed by atoms with Crippen molar-refractivity contribution in [2.24, 2.45) is 0 Å². The van der Waals surface area contributed by atoms with Gasteiger partial charge in [0.15, 0.2) is 0 Å². The van der Waals surface area contributed by atoms with Gasteiger partial charge in [0.2, 0.25) is 5.91 Å². The summed E-state index contributed by atoms with van der Waals surface area (Å²) in [5.41, 5.74) is 0.991. The lowest BCUT2D eigenvalue weighted by atomic mass is 10.1. The van der Waals surface area contributed by atoms with Gasteiger partial charge in [0, 0.05) is 19.0 Å². The quantitative estimate of drug-likeness (QED) is 0.870. The Morgan fingerprint density at radius 3 is 2.74 bits per heavy atom. The smallest absolute Gasteiger partial charge is 0.220 e. The zero-order valence-electron chi connectivity index (χ0n) is 10.8. The summed E-state index contributed by atoms with van der Waals surface area (Å²) in [4.78, 5) is 11.6. The van der Waals surface area contributed by atoms with E-state index in [0.717, 1.165) is 18.5 Å². The largest absolute Gasteiger partial charge is 0.355 e. The van der Waals surface area contributed by atoms with Crippen LogP contribution in [0, 0.1) is 5.82 Å². The number of amides is 1. The Labute approximate surface area is 119 Å². The molecule has 0 bridgehead atoms. The van der Waals surface area contributed by atoms with E-state index in [9.17, 15) is 9.18 Å². The van der Waals surface area contributed by atoms with E-state index in [2.05, 4.69) is 10.6 Å². The molecule has 19 heavy (non-hydrogen) atoms. The summed E-state index contributed by atoms with van der Waals surface area (Å²) >= 11 is 0. The van der Waals surface area contributed by atoms with Crippen LogP contribution in [0.4, 0.5) is 4.39 Å². The first-order valence-electron chi connectivity index (χ1n) is 6.48. The summed E-state index contributed by atoms with van der Waals surface area (Å²) in [5.74, 6) is -0.177. The molecule has 1 saturated heterocycles. The number of aryl methyl sites for hydroxylation is 1. The van der Waals surface area contributed by atoms with Crippen LogP contribution in [-0.2, 0) is 11.2 Å². The summed E-state index contributed by atoms with van der Waals surface area (Å²) in [7, 11) is 0. The van der Waals surface area contributed by atoms with E-state index in [4.69, 9.17) is 0 Å². The number of carbonyl (C=O) groups excluding carboxylic acids is 1. The summed E-state index contributed by atoms with van der Waals surface area (Å²) in [6.07, 6.45) is 3.44. The first kappa shape index (κ1) is 15.9. The predicted molar refractivity (Wildman–Crippen MR) is 76.0 cm³/mol. The van der Waals surface area contributed by atoms with Crippen molar-refractivity contribution in [3.8, 4) is 0 Å². The number of carbonyl (C=O) groups is 1. The fourth-order valence-corrected chi connectivity index (χ4v) is 2.17. The Bertz CT molecular complexity index is 391. The molecular formula is C14H20ClFN2O. The lowest BCUT2D eigenvalue weighted by Gasteiger charge is -2.11. The third-order valence-corrected chi connectivity index (χ3v) is 3.26. The normalized spacial score (nSPS) is 17.8. The molecule has 1 heterocycles. The predicted octanol–water partition coefficient (Wildman–Crippen LogP) is 2.05. The summed E-state index contributed by atoms with van der Waals surface area (Å²) in [6, 6.07) is 6.73. The zero-order chi connectivity index (χ0) is 12.8. The van der Waals surface area contributed by atoms with Crippen LogP contribution in [0.2, 0.25) is 0 Å². The molecule has 1 amide bonds. The van der Waals surface area contributed by atoms with Crippen molar-refractivity contribution in [2.75, 3.05) is 13.1 Å². The first-order chi connectivity index (χ1) is 8.74. The van der Waals surface area contributed by atoms with Crippen molar-refractivity contribution in [1.29, 1.82) is 0 Å². The molecule has 5 heteroatoms.